The highest BCUT2D eigenvalue weighted by Gasteiger charge is 2.26. The molecule has 0 aromatic rings. The van der Waals surface area contributed by atoms with Gasteiger partial charge in [0.2, 0.25) is 0 Å². The summed E-state index contributed by atoms with van der Waals surface area (Å²) in [5.74, 6) is 0. The Bertz CT molecular complexity index is 771. The summed E-state index contributed by atoms with van der Waals surface area (Å²) in [6, 6.07) is 0. The highest BCUT2D eigenvalue weighted by Crippen LogP contribution is 2.50. The van der Waals surface area contributed by atoms with E-state index in [1.807, 2.05) is 21.0 Å². The number of unbranched alkanes of at least 4 members (excludes halogenated alkanes) is 18. The third-order valence-electron chi connectivity index (χ3n) is 8.98. The van der Waals surface area contributed by atoms with Crippen LogP contribution in [0.5, 0.6) is 0 Å². The van der Waals surface area contributed by atoms with E-state index < -0.39 is 7.60 Å². The van der Waals surface area contributed by atoms with Crippen LogP contribution in [0, 0.1) is 0 Å². The number of hydrogen-bond donors (Lipinski definition) is 0. The van der Waals surface area contributed by atoms with Crippen molar-refractivity contribution in [3.8, 4) is 0 Å². The van der Waals surface area contributed by atoms with Crippen LogP contribution in [0.4, 0.5) is 0 Å². The zero-order chi connectivity index (χ0) is 35.2. The fourth-order valence-corrected chi connectivity index (χ4v) is 7.17. The summed E-state index contributed by atoms with van der Waals surface area (Å²) in [6.07, 6.45) is 51.3. The number of rotatable bonds is 37. The van der Waals surface area contributed by atoms with Crippen molar-refractivity contribution >= 4 is 7.60 Å². The van der Waals surface area contributed by atoms with E-state index in [4.69, 9.17) is 9.05 Å². The van der Waals surface area contributed by atoms with Gasteiger partial charge in [0.15, 0.2) is 0 Å². The van der Waals surface area contributed by atoms with E-state index in [1.165, 1.54) is 128 Å². The fraction of sp³-hybridized carbons (Fsp3) is 0.814. The van der Waals surface area contributed by atoms with Crippen LogP contribution in [0.3, 0.4) is 0 Å². The molecule has 0 bridgehead atoms. The molecule has 0 saturated heterocycles. The fourth-order valence-electron chi connectivity index (χ4n) is 5.76. The number of nitrogens with zero attached hydrogens (tertiary/aromatic N) is 1. The molecule has 0 fully saturated rings. The maximum absolute atomic E-state index is 13.4. The Morgan fingerprint density at radius 1 is 0.521 bits per heavy atom. The van der Waals surface area contributed by atoms with Gasteiger partial charge < -0.3 is 13.9 Å². The van der Waals surface area contributed by atoms with Gasteiger partial charge in [0.05, 0.1) is 12.7 Å². The molecular formula is C43H82NO3P. The van der Waals surface area contributed by atoms with Crippen molar-refractivity contribution < 1.29 is 13.6 Å². The molecule has 0 radical (unpaired) electrons. The number of hydrogen-bond acceptors (Lipinski definition) is 4. The van der Waals surface area contributed by atoms with Crippen molar-refractivity contribution in [2.45, 2.75) is 194 Å². The average molecular weight is 692 g/mol. The van der Waals surface area contributed by atoms with Gasteiger partial charge in [-0.3, -0.25) is 4.57 Å². The molecule has 0 rings (SSSR count). The molecule has 1 unspecified atom stereocenters. The van der Waals surface area contributed by atoms with Crippen LogP contribution in [-0.2, 0) is 13.6 Å². The van der Waals surface area contributed by atoms with Crippen LogP contribution in [0.25, 0.3) is 0 Å². The Balaban J connectivity index is 4.25. The lowest BCUT2D eigenvalue weighted by molar-refractivity contribution is 0.124. The lowest BCUT2D eigenvalue weighted by Gasteiger charge is -2.25. The standard InChI is InChI=1S/C43H82NO3P/c1-6-9-11-13-15-17-19-21-23-25-27-29-31-33-35-37-39-43(47-48(45,8-3)46-42-41-44(4)5)40-38-36-34-32-30-28-26-24-22-20-18-16-14-12-10-7-2/h15-18,21-24,43H,6-14,19-20,25-42H2,1-5H3. The monoisotopic (exact) mass is 692 g/mol. The number of likely N-dealkylation sites (N-methyl/N-ethyl adjacent to an activating group) is 1. The molecule has 0 saturated carbocycles. The Morgan fingerprint density at radius 3 is 1.27 bits per heavy atom. The van der Waals surface area contributed by atoms with Crippen molar-refractivity contribution in [1.82, 2.24) is 4.90 Å². The Hall–Kier alpha value is -0.930. The van der Waals surface area contributed by atoms with Crippen LogP contribution in [-0.4, -0.2) is 44.4 Å². The van der Waals surface area contributed by atoms with Crippen molar-refractivity contribution in [2.75, 3.05) is 33.4 Å². The molecule has 0 aliphatic heterocycles. The third kappa shape index (κ3) is 34.9. The molecule has 282 valence electrons. The van der Waals surface area contributed by atoms with Crippen LogP contribution in [0.15, 0.2) is 48.6 Å². The highest BCUT2D eigenvalue weighted by atomic mass is 31.2. The van der Waals surface area contributed by atoms with Gasteiger partial charge in [0.1, 0.15) is 0 Å². The molecule has 0 heterocycles. The Kier molecular flexibility index (Phi) is 36.6. The first-order chi connectivity index (χ1) is 23.5. The van der Waals surface area contributed by atoms with Gasteiger partial charge in [0.25, 0.3) is 0 Å². The normalized spacial score (nSPS) is 14.5. The minimum atomic E-state index is -3.04. The van der Waals surface area contributed by atoms with Crippen molar-refractivity contribution in [2.24, 2.45) is 0 Å². The van der Waals surface area contributed by atoms with Crippen molar-refractivity contribution in [3.63, 3.8) is 0 Å². The second-order valence-corrected chi connectivity index (χ2v) is 16.4. The summed E-state index contributed by atoms with van der Waals surface area (Å²) in [4.78, 5) is 2.06. The van der Waals surface area contributed by atoms with Gasteiger partial charge in [-0.25, -0.2) is 0 Å². The topological polar surface area (TPSA) is 38.8 Å². The zero-order valence-corrected chi connectivity index (χ0v) is 33.7. The summed E-state index contributed by atoms with van der Waals surface area (Å²) < 4.78 is 25.6. The van der Waals surface area contributed by atoms with Gasteiger partial charge in [-0.05, 0) is 91.1 Å². The molecule has 48 heavy (non-hydrogen) atoms. The smallest absolute Gasteiger partial charge is 0.307 e. The summed E-state index contributed by atoms with van der Waals surface area (Å²) in [5, 5.41) is 0. The van der Waals surface area contributed by atoms with Gasteiger partial charge in [-0.15, -0.1) is 0 Å². The van der Waals surface area contributed by atoms with E-state index in [2.05, 4.69) is 67.4 Å². The summed E-state index contributed by atoms with van der Waals surface area (Å²) in [7, 11) is 0.987. The molecule has 0 aliphatic rings. The summed E-state index contributed by atoms with van der Waals surface area (Å²) in [6.45, 7) is 7.68. The minimum Gasteiger partial charge on any atom is -0.307 e. The zero-order valence-electron chi connectivity index (χ0n) is 32.8. The SMILES string of the molecule is CCCCCC=CCC=CCCCCCCCCC(CCCCCCCCC=CCC=CCCCCC)OP(=O)(CC)OCCN(C)C. The first kappa shape index (κ1) is 47.1. The third-order valence-corrected chi connectivity index (χ3v) is 10.9. The van der Waals surface area contributed by atoms with Crippen LogP contribution < -0.4 is 0 Å². The summed E-state index contributed by atoms with van der Waals surface area (Å²) in [5.41, 5.74) is 0. The minimum absolute atomic E-state index is 0.0480. The lowest BCUT2D eigenvalue weighted by Crippen LogP contribution is -2.19. The highest BCUT2D eigenvalue weighted by molar-refractivity contribution is 7.53. The van der Waals surface area contributed by atoms with E-state index in [9.17, 15) is 4.57 Å². The Morgan fingerprint density at radius 2 is 0.896 bits per heavy atom. The van der Waals surface area contributed by atoms with Gasteiger partial charge in [0, 0.05) is 12.7 Å². The van der Waals surface area contributed by atoms with Gasteiger partial charge in [-0.1, -0.05) is 159 Å². The lowest BCUT2D eigenvalue weighted by atomic mass is 10.0. The predicted octanol–water partition coefficient (Wildman–Crippen LogP) is 14.6. The molecule has 1 atom stereocenters. The molecule has 0 N–H and O–H groups in total. The predicted molar refractivity (Wildman–Crippen MR) is 215 cm³/mol. The van der Waals surface area contributed by atoms with E-state index in [0.29, 0.717) is 12.8 Å². The molecule has 4 nitrogen and oxygen atoms in total. The van der Waals surface area contributed by atoms with Crippen LogP contribution in [0.1, 0.15) is 188 Å². The van der Waals surface area contributed by atoms with Gasteiger partial charge >= 0.3 is 7.60 Å². The van der Waals surface area contributed by atoms with E-state index in [0.717, 1.165) is 45.1 Å². The van der Waals surface area contributed by atoms with E-state index in [-0.39, 0.29) is 6.10 Å². The van der Waals surface area contributed by atoms with Crippen LogP contribution in [0.2, 0.25) is 0 Å². The quantitative estimate of drug-likeness (QED) is 0.0369. The molecular weight excluding hydrogens is 609 g/mol. The number of allylic oxidation sites excluding steroid dienone is 8. The van der Waals surface area contributed by atoms with E-state index in [1.54, 1.807) is 0 Å². The van der Waals surface area contributed by atoms with Gasteiger partial charge in [-0.2, -0.15) is 0 Å². The van der Waals surface area contributed by atoms with Crippen molar-refractivity contribution in [3.05, 3.63) is 48.6 Å². The first-order valence-electron chi connectivity index (χ1n) is 20.6. The first-order valence-corrected chi connectivity index (χ1v) is 22.4. The average Bonchev–Trinajstić information content (AvgIpc) is 3.07. The second kappa shape index (κ2) is 37.3. The Labute approximate surface area is 301 Å². The maximum Gasteiger partial charge on any atom is 0.330 e. The second-order valence-electron chi connectivity index (χ2n) is 14.0. The van der Waals surface area contributed by atoms with Crippen molar-refractivity contribution in [1.29, 1.82) is 0 Å². The molecule has 5 heteroatoms. The molecule has 0 spiro atoms. The van der Waals surface area contributed by atoms with Crippen LogP contribution >= 0.6 is 7.60 Å². The molecule has 0 aromatic carbocycles. The molecule has 0 aromatic heterocycles. The summed E-state index contributed by atoms with van der Waals surface area (Å²) >= 11 is 0. The largest absolute Gasteiger partial charge is 0.330 e. The van der Waals surface area contributed by atoms with E-state index >= 15 is 0 Å². The molecule has 0 amide bonds. The maximum atomic E-state index is 13.4. The molecule has 0 aliphatic carbocycles.